The number of fused-ring (bicyclic) bond motifs is 3. The summed E-state index contributed by atoms with van der Waals surface area (Å²) in [5.41, 5.74) is 0.860. The van der Waals surface area contributed by atoms with E-state index >= 15 is 0 Å². The number of halogens is 3. The van der Waals surface area contributed by atoms with Crippen LogP contribution in [-0.2, 0) is 19.1 Å². The van der Waals surface area contributed by atoms with Gasteiger partial charge in [-0.25, -0.2) is 4.98 Å². The number of alkyl halides is 3. The van der Waals surface area contributed by atoms with Gasteiger partial charge in [0.25, 0.3) is 0 Å². The van der Waals surface area contributed by atoms with E-state index in [0.717, 1.165) is 5.56 Å². The molecule has 2 aromatic heterocycles. The lowest BCUT2D eigenvalue weighted by Gasteiger charge is -2.25. The number of ketones is 1. The molecule has 3 aromatic rings. The third-order valence-corrected chi connectivity index (χ3v) is 5.11. The van der Waals surface area contributed by atoms with Crippen LogP contribution in [0.3, 0.4) is 0 Å². The van der Waals surface area contributed by atoms with Crippen molar-refractivity contribution in [3.63, 3.8) is 0 Å². The third-order valence-electron chi connectivity index (χ3n) is 5.11. The number of hydrogen-bond acceptors (Lipinski definition) is 4. The minimum atomic E-state index is -4.57. The van der Waals surface area contributed by atoms with Crippen LogP contribution < -0.4 is 4.74 Å². The number of methoxy groups -OCH3 is 1. The monoisotopic (exact) mass is 404 g/mol. The first-order chi connectivity index (χ1) is 13.7. The van der Waals surface area contributed by atoms with E-state index in [9.17, 15) is 18.0 Å². The van der Waals surface area contributed by atoms with Crippen LogP contribution in [0, 0.1) is 0 Å². The van der Waals surface area contributed by atoms with Crippen molar-refractivity contribution in [1.29, 1.82) is 0 Å². The van der Waals surface area contributed by atoms with Gasteiger partial charge in [0.2, 0.25) is 0 Å². The fourth-order valence-electron chi connectivity index (χ4n) is 3.85. The molecule has 1 unspecified atom stereocenters. The molecule has 0 spiro atoms. The van der Waals surface area contributed by atoms with Crippen LogP contribution in [-0.4, -0.2) is 32.2 Å². The molecule has 1 aromatic carbocycles. The van der Waals surface area contributed by atoms with Crippen LogP contribution in [0.1, 0.15) is 47.3 Å². The van der Waals surface area contributed by atoms with Crippen molar-refractivity contribution in [1.82, 2.24) is 19.3 Å². The van der Waals surface area contributed by atoms with Crippen molar-refractivity contribution in [2.75, 3.05) is 7.11 Å². The van der Waals surface area contributed by atoms with E-state index in [-0.39, 0.29) is 36.2 Å². The summed E-state index contributed by atoms with van der Waals surface area (Å²) in [6.07, 6.45) is -2.99. The summed E-state index contributed by atoms with van der Waals surface area (Å²) in [5, 5.41) is 3.92. The second kappa shape index (κ2) is 6.75. The highest BCUT2D eigenvalue weighted by molar-refractivity contribution is 5.91. The van der Waals surface area contributed by atoms with E-state index in [2.05, 4.69) is 10.1 Å². The number of benzene rings is 1. The average molecular weight is 404 g/mol. The SMILES string of the molecule is COc1ccc(Cn2nc(C(F)(F)F)c3c2-c2cnc(C(C)=O)n2C(C)C3)cc1. The summed E-state index contributed by atoms with van der Waals surface area (Å²) in [4.78, 5) is 16.1. The molecule has 0 amide bonds. The minimum absolute atomic E-state index is 0.121. The van der Waals surface area contributed by atoms with E-state index in [1.54, 1.807) is 42.9 Å². The Kier molecular flexibility index (Phi) is 4.48. The quantitative estimate of drug-likeness (QED) is 0.613. The van der Waals surface area contributed by atoms with E-state index < -0.39 is 11.9 Å². The molecule has 1 aliphatic heterocycles. The van der Waals surface area contributed by atoms with Crippen LogP contribution in [0.5, 0.6) is 5.75 Å². The van der Waals surface area contributed by atoms with Crippen LogP contribution >= 0.6 is 0 Å². The van der Waals surface area contributed by atoms with Crippen molar-refractivity contribution in [3.8, 4) is 17.1 Å². The lowest BCUT2D eigenvalue weighted by Crippen LogP contribution is -2.21. The molecule has 0 saturated heterocycles. The van der Waals surface area contributed by atoms with Gasteiger partial charge < -0.3 is 9.30 Å². The van der Waals surface area contributed by atoms with Gasteiger partial charge in [0.1, 0.15) is 5.75 Å². The van der Waals surface area contributed by atoms with Gasteiger partial charge in [0, 0.05) is 18.5 Å². The molecule has 6 nitrogen and oxygen atoms in total. The first-order valence-corrected chi connectivity index (χ1v) is 9.09. The van der Waals surface area contributed by atoms with E-state index in [1.807, 2.05) is 0 Å². The Labute approximate surface area is 164 Å². The number of carbonyl (C=O) groups excluding carboxylic acids is 1. The molecule has 9 heteroatoms. The van der Waals surface area contributed by atoms with Gasteiger partial charge in [-0.05, 0) is 31.0 Å². The Morgan fingerprint density at radius 2 is 1.97 bits per heavy atom. The van der Waals surface area contributed by atoms with Crippen molar-refractivity contribution < 1.29 is 22.7 Å². The predicted octanol–water partition coefficient (Wildman–Crippen LogP) is 4.14. The number of hydrogen-bond donors (Lipinski definition) is 0. The molecule has 0 aliphatic carbocycles. The smallest absolute Gasteiger partial charge is 0.435 e. The molecular formula is C20H19F3N4O2. The fourth-order valence-corrected chi connectivity index (χ4v) is 3.85. The highest BCUT2D eigenvalue weighted by atomic mass is 19.4. The third kappa shape index (κ3) is 3.20. The number of imidazole rings is 1. The topological polar surface area (TPSA) is 61.9 Å². The Morgan fingerprint density at radius 1 is 1.28 bits per heavy atom. The molecule has 0 N–H and O–H groups in total. The van der Waals surface area contributed by atoms with Crippen LogP contribution in [0.4, 0.5) is 13.2 Å². The summed E-state index contributed by atoms with van der Waals surface area (Å²) in [6, 6.07) is 6.72. The normalized spacial score (nSPS) is 15.7. The summed E-state index contributed by atoms with van der Waals surface area (Å²) in [6.45, 7) is 3.33. The maximum atomic E-state index is 13.7. The predicted molar refractivity (Wildman–Crippen MR) is 99.0 cm³/mol. The average Bonchev–Trinajstić information content (AvgIpc) is 3.24. The Morgan fingerprint density at radius 3 is 2.55 bits per heavy atom. The number of aromatic nitrogens is 4. The van der Waals surface area contributed by atoms with Gasteiger partial charge >= 0.3 is 6.18 Å². The number of nitrogens with zero attached hydrogens (tertiary/aromatic N) is 4. The second-order valence-electron chi connectivity index (χ2n) is 7.13. The minimum Gasteiger partial charge on any atom is -0.497 e. The van der Waals surface area contributed by atoms with Crippen LogP contribution in [0.15, 0.2) is 30.5 Å². The van der Waals surface area contributed by atoms with Crippen LogP contribution in [0.2, 0.25) is 0 Å². The highest BCUT2D eigenvalue weighted by Gasteiger charge is 2.42. The summed E-state index contributed by atoms with van der Waals surface area (Å²) in [5.74, 6) is 0.665. The molecule has 0 fully saturated rings. The summed E-state index contributed by atoms with van der Waals surface area (Å²) < 4.78 is 49.3. The van der Waals surface area contributed by atoms with Gasteiger partial charge in [0.15, 0.2) is 17.3 Å². The van der Waals surface area contributed by atoms with Crippen LogP contribution in [0.25, 0.3) is 11.4 Å². The molecule has 3 heterocycles. The Balaban J connectivity index is 1.88. The zero-order valence-corrected chi connectivity index (χ0v) is 16.1. The molecule has 0 radical (unpaired) electrons. The van der Waals surface area contributed by atoms with Gasteiger partial charge in [-0.1, -0.05) is 12.1 Å². The lowest BCUT2D eigenvalue weighted by atomic mass is 9.97. The summed E-state index contributed by atoms with van der Waals surface area (Å²) >= 11 is 0. The van der Waals surface area contributed by atoms with E-state index in [4.69, 9.17) is 4.74 Å². The van der Waals surface area contributed by atoms with E-state index in [0.29, 0.717) is 17.1 Å². The zero-order chi connectivity index (χ0) is 20.9. The largest absolute Gasteiger partial charge is 0.497 e. The number of ether oxygens (including phenoxy) is 1. The lowest BCUT2D eigenvalue weighted by molar-refractivity contribution is -0.142. The Hall–Kier alpha value is -3.10. The molecule has 29 heavy (non-hydrogen) atoms. The first-order valence-electron chi connectivity index (χ1n) is 9.09. The van der Waals surface area contributed by atoms with Crippen molar-refractivity contribution >= 4 is 5.78 Å². The standard InChI is InChI=1S/C20H19F3N4O2/c1-11-8-15-17(16-9-24-19(12(2)28)27(11)16)26(25-18(15)20(21,22)23)10-13-4-6-14(29-3)7-5-13/h4-7,9,11H,8,10H2,1-3H3. The summed E-state index contributed by atoms with van der Waals surface area (Å²) in [7, 11) is 1.55. The maximum absolute atomic E-state index is 13.7. The Bertz CT molecular complexity index is 1080. The molecule has 0 saturated carbocycles. The van der Waals surface area contributed by atoms with Gasteiger partial charge in [-0.2, -0.15) is 18.3 Å². The molecule has 1 atom stereocenters. The fraction of sp³-hybridized carbons (Fsp3) is 0.350. The van der Waals surface area contributed by atoms with Crippen molar-refractivity contribution in [2.45, 2.75) is 39.0 Å². The van der Waals surface area contributed by atoms with Gasteiger partial charge in [0.05, 0.1) is 31.2 Å². The van der Waals surface area contributed by atoms with Gasteiger partial charge in [-0.15, -0.1) is 0 Å². The van der Waals surface area contributed by atoms with Crippen molar-refractivity contribution in [3.05, 3.63) is 53.1 Å². The van der Waals surface area contributed by atoms with E-state index in [1.165, 1.54) is 17.8 Å². The zero-order valence-electron chi connectivity index (χ0n) is 16.1. The molecular weight excluding hydrogens is 385 g/mol. The molecule has 4 rings (SSSR count). The maximum Gasteiger partial charge on any atom is 0.435 e. The first kappa shape index (κ1) is 19.2. The molecule has 1 aliphatic rings. The number of Topliss-reactive ketones (excluding diaryl/α,β-unsaturated/α-hetero) is 1. The number of rotatable bonds is 4. The molecule has 152 valence electrons. The number of carbonyl (C=O) groups is 1. The van der Waals surface area contributed by atoms with Crippen molar-refractivity contribution in [2.24, 2.45) is 0 Å². The second-order valence-corrected chi connectivity index (χ2v) is 7.13. The molecule has 0 bridgehead atoms. The van der Waals surface area contributed by atoms with Gasteiger partial charge in [-0.3, -0.25) is 9.48 Å². The highest BCUT2D eigenvalue weighted by Crippen LogP contribution is 2.42.